The lowest BCUT2D eigenvalue weighted by molar-refractivity contribution is -0.127. The van der Waals surface area contributed by atoms with Crippen molar-refractivity contribution < 1.29 is 28.2 Å². The van der Waals surface area contributed by atoms with E-state index in [0.717, 1.165) is 0 Å². The zero-order valence-electron chi connectivity index (χ0n) is 16.2. The van der Waals surface area contributed by atoms with Crippen LogP contribution >= 0.6 is 0 Å². The molecule has 2 amide bonds. The summed E-state index contributed by atoms with van der Waals surface area (Å²) in [6, 6.07) is 0. The third-order valence-corrected chi connectivity index (χ3v) is 2.63. The van der Waals surface area contributed by atoms with Gasteiger partial charge >= 0.3 is 0 Å². The highest BCUT2D eigenvalue weighted by Gasteiger charge is 2.08. The van der Waals surface area contributed by atoms with Crippen LogP contribution in [0.1, 0.15) is 41.0 Å². The van der Waals surface area contributed by atoms with E-state index >= 15 is 0 Å². The number of nitrogens with one attached hydrogen (secondary N) is 2. The Kier molecular flexibility index (Phi) is 19.8. The van der Waals surface area contributed by atoms with Crippen LogP contribution in [0.15, 0.2) is 0 Å². The average molecular weight is 366 g/mol. The van der Waals surface area contributed by atoms with E-state index in [-0.39, 0.29) is 44.3 Å². The molecule has 0 fully saturated rings. The highest BCUT2D eigenvalue weighted by atomic mass is 19.1. The molecule has 0 saturated carbocycles. The lowest BCUT2D eigenvalue weighted by atomic mass is 10.4. The fourth-order valence-corrected chi connectivity index (χ4v) is 1.40. The Hall–Kier alpha value is -1.25. The van der Waals surface area contributed by atoms with Crippen molar-refractivity contribution in [2.75, 3.05) is 46.1 Å². The molecule has 0 radical (unpaired) electrons. The van der Waals surface area contributed by atoms with E-state index < -0.39 is 6.17 Å². The fourth-order valence-electron chi connectivity index (χ4n) is 1.40. The van der Waals surface area contributed by atoms with E-state index in [1.165, 1.54) is 0 Å². The lowest BCUT2D eigenvalue weighted by Crippen LogP contribution is -2.32. The van der Waals surface area contributed by atoms with Gasteiger partial charge in [-0.3, -0.25) is 9.59 Å². The number of amides is 2. The van der Waals surface area contributed by atoms with Crippen molar-refractivity contribution in [1.29, 1.82) is 0 Å². The highest BCUT2D eigenvalue weighted by molar-refractivity contribution is 5.77. The van der Waals surface area contributed by atoms with Crippen LogP contribution < -0.4 is 10.6 Å². The Bertz CT molecular complexity index is 330. The number of hydrogen-bond donors (Lipinski definition) is 2. The summed E-state index contributed by atoms with van der Waals surface area (Å²) in [6.45, 7) is 10.6. The van der Waals surface area contributed by atoms with Crippen molar-refractivity contribution in [3.05, 3.63) is 0 Å². The number of carbonyl (C=O) groups is 2. The molecule has 2 N–H and O–H groups in total. The van der Waals surface area contributed by atoms with Gasteiger partial charge in [0.25, 0.3) is 0 Å². The third kappa shape index (κ3) is 20.7. The summed E-state index contributed by atoms with van der Waals surface area (Å²) in [5.74, 6) is -0.371. The monoisotopic (exact) mass is 366 g/mol. The van der Waals surface area contributed by atoms with Crippen LogP contribution in [0.2, 0.25) is 0 Å². The molecule has 0 aromatic heterocycles. The predicted molar refractivity (Wildman–Crippen MR) is 95.3 cm³/mol. The van der Waals surface area contributed by atoms with Crippen LogP contribution in [0, 0.1) is 0 Å². The maximum atomic E-state index is 13.3. The van der Waals surface area contributed by atoms with Crippen LogP contribution in [-0.4, -0.2) is 70.2 Å². The van der Waals surface area contributed by atoms with E-state index in [1.807, 2.05) is 27.7 Å². The van der Waals surface area contributed by atoms with E-state index in [2.05, 4.69) is 10.6 Å². The first-order valence-corrected chi connectivity index (χ1v) is 8.90. The maximum absolute atomic E-state index is 13.3. The van der Waals surface area contributed by atoms with Crippen molar-refractivity contribution in [1.82, 2.24) is 10.6 Å². The van der Waals surface area contributed by atoms with E-state index in [0.29, 0.717) is 26.2 Å². The molecule has 150 valence electrons. The van der Waals surface area contributed by atoms with Gasteiger partial charge in [0.15, 0.2) is 0 Å². The summed E-state index contributed by atoms with van der Waals surface area (Å²) in [5, 5.41) is 5.10. The Balaban J connectivity index is 0. The quantitative estimate of drug-likeness (QED) is 0.455. The summed E-state index contributed by atoms with van der Waals surface area (Å²) in [5.41, 5.74) is 0. The molecule has 0 aromatic rings. The number of halogens is 1. The zero-order valence-corrected chi connectivity index (χ0v) is 16.2. The maximum Gasteiger partial charge on any atom is 0.246 e. The molecule has 0 aromatic carbocycles. The summed E-state index contributed by atoms with van der Waals surface area (Å²) in [7, 11) is 0. The SMILES string of the molecule is CC.CCC(=O)NCC(F)COCCOCCNC(=O)COC(C)C. The van der Waals surface area contributed by atoms with Crippen molar-refractivity contribution in [2.24, 2.45) is 0 Å². The van der Waals surface area contributed by atoms with Crippen LogP contribution in [-0.2, 0) is 23.8 Å². The zero-order chi connectivity index (χ0) is 19.5. The van der Waals surface area contributed by atoms with Crippen molar-refractivity contribution in [3.63, 3.8) is 0 Å². The van der Waals surface area contributed by atoms with Gasteiger partial charge < -0.3 is 24.8 Å². The molecule has 1 unspecified atom stereocenters. The van der Waals surface area contributed by atoms with Gasteiger partial charge in [-0.15, -0.1) is 0 Å². The number of hydrogen-bond acceptors (Lipinski definition) is 5. The van der Waals surface area contributed by atoms with Gasteiger partial charge in [0.05, 0.1) is 39.1 Å². The first kappa shape index (κ1) is 26.0. The molecule has 0 saturated heterocycles. The van der Waals surface area contributed by atoms with Crippen LogP contribution in [0.3, 0.4) is 0 Å². The number of alkyl halides is 1. The Morgan fingerprint density at radius 2 is 1.64 bits per heavy atom. The lowest BCUT2D eigenvalue weighted by Gasteiger charge is -2.11. The molecule has 0 spiro atoms. The molecule has 0 heterocycles. The van der Waals surface area contributed by atoms with Gasteiger partial charge in [0.1, 0.15) is 12.8 Å². The second-order valence-corrected chi connectivity index (χ2v) is 5.15. The van der Waals surface area contributed by atoms with E-state index in [4.69, 9.17) is 14.2 Å². The van der Waals surface area contributed by atoms with Crippen LogP contribution in [0.4, 0.5) is 4.39 Å². The second-order valence-electron chi connectivity index (χ2n) is 5.15. The topological polar surface area (TPSA) is 85.9 Å². The summed E-state index contributed by atoms with van der Waals surface area (Å²) >= 11 is 0. The molecule has 8 heteroatoms. The smallest absolute Gasteiger partial charge is 0.246 e. The molecule has 0 aliphatic carbocycles. The van der Waals surface area contributed by atoms with Crippen molar-refractivity contribution >= 4 is 11.8 Å². The molecule has 25 heavy (non-hydrogen) atoms. The van der Waals surface area contributed by atoms with Crippen LogP contribution in [0.25, 0.3) is 0 Å². The molecule has 0 aliphatic rings. The molecular formula is C17H35FN2O5. The number of carbonyl (C=O) groups excluding carboxylic acids is 2. The van der Waals surface area contributed by atoms with Crippen molar-refractivity contribution in [2.45, 2.75) is 53.3 Å². The summed E-state index contributed by atoms with van der Waals surface area (Å²) in [4.78, 5) is 22.2. The molecule has 0 bridgehead atoms. The molecule has 1 atom stereocenters. The van der Waals surface area contributed by atoms with E-state index in [9.17, 15) is 14.0 Å². The standard InChI is InChI=1S/C15H29FN2O5.C2H6/c1-4-14(19)18-9-13(16)10-22-8-7-21-6-5-17-15(20)11-23-12(2)3;1-2/h12-13H,4-11H2,1-3H3,(H,17,20)(H,18,19);1-2H3. The first-order valence-electron chi connectivity index (χ1n) is 8.90. The van der Waals surface area contributed by atoms with Gasteiger partial charge in [0.2, 0.25) is 11.8 Å². The predicted octanol–water partition coefficient (Wildman–Crippen LogP) is 1.45. The first-order chi connectivity index (χ1) is 12.0. The minimum absolute atomic E-state index is 0.0174. The minimum Gasteiger partial charge on any atom is -0.377 e. The largest absolute Gasteiger partial charge is 0.377 e. The normalized spacial score (nSPS) is 11.5. The average Bonchev–Trinajstić information content (AvgIpc) is 2.61. The van der Waals surface area contributed by atoms with Gasteiger partial charge in [-0.1, -0.05) is 20.8 Å². The van der Waals surface area contributed by atoms with Gasteiger partial charge in [0, 0.05) is 13.0 Å². The van der Waals surface area contributed by atoms with Crippen LogP contribution in [0.5, 0.6) is 0 Å². The molecule has 0 rings (SSSR count). The molecular weight excluding hydrogens is 331 g/mol. The van der Waals surface area contributed by atoms with Gasteiger partial charge in [-0.2, -0.15) is 0 Å². The van der Waals surface area contributed by atoms with Gasteiger partial charge in [-0.05, 0) is 13.8 Å². The van der Waals surface area contributed by atoms with Gasteiger partial charge in [-0.25, -0.2) is 4.39 Å². The molecule has 0 aliphatic heterocycles. The number of ether oxygens (including phenoxy) is 3. The molecule has 7 nitrogen and oxygen atoms in total. The number of rotatable bonds is 14. The van der Waals surface area contributed by atoms with Crippen molar-refractivity contribution in [3.8, 4) is 0 Å². The second kappa shape index (κ2) is 19.1. The minimum atomic E-state index is -1.23. The van der Waals surface area contributed by atoms with E-state index in [1.54, 1.807) is 6.92 Å². The summed E-state index contributed by atoms with van der Waals surface area (Å²) in [6.07, 6.45) is -0.879. The highest BCUT2D eigenvalue weighted by Crippen LogP contribution is 1.91. The third-order valence-electron chi connectivity index (χ3n) is 2.63. The Morgan fingerprint density at radius 3 is 2.24 bits per heavy atom. The Morgan fingerprint density at radius 1 is 1.00 bits per heavy atom. The Labute approximate surface area is 151 Å². The fraction of sp³-hybridized carbons (Fsp3) is 0.882. The summed E-state index contributed by atoms with van der Waals surface area (Å²) < 4.78 is 28.8.